The number of carbonyl (C=O) groups excluding carboxylic acids is 1. The summed E-state index contributed by atoms with van der Waals surface area (Å²) in [6.45, 7) is 0. The first kappa shape index (κ1) is 19.2. The molecule has 0 aliphatic carbocycles. The van der Waals surface area contributed by atoms with Gasteiger partial charge in [-0.1, -0.05) is 12.1 Å². The predicted molar refractivity (Wildman–Crippen MR) is 107 cm³/mol. The van der Waals surface area contributed by atoms with E-state index in [1.165, 1.54) is 41.2 Å². The number of fused-ring (bicyclic) bond motifs is 1. The molecule has 3 N–H and O–H groups in total. The Morgan fingerprint density at radius 3 is 2.50 bits per heavy atom. The third kappa shape index (κ3) is 3.60. The summed E-state index contributed by atoms with van der Waals surface area (Å²) in [7, 11) is 1.56. The van der Waals surface area contributed by atoms with E-state index in [9.17, 15) is 19.1 Å². The molecule has 152 valence electrons. The van der Waals surface area contributed by atoms with E-state index in [2.05, 4.69) is 15.7 Å². The van der Waals surface area contributed by atoms with Crippen molar-refractivity contribution >= 4 is 23.4 Å². The molecule has 0 spiro atoms. The molecule has 8 nitrogen and oxygen atoms in total. The standard InChI is InChI=1S/C21H17FN4O4/c1-30-15-8-2-12(3-9-15)18-10-17(21(28)29)25-19-16(11-23-26(18)19)20(27)24-14-6-4-13(22)5-7-14/h2-11,18,25H,1H3,(H,24,27)(H,28,29)/t18-/m1/s1. The van der Waals surface area contributed by atoms with E-state index in [0.717, 1.165) is 5.56 Å². The van der Waals surface area contributed by atoms with Crippen LogP contribution in [0.3, 0.4) is 0 Å². The zero-order valence-corrected chi connectivity index (χ0v) is 15.8. The second kappa shape index (κ2) is 7.70. The van der Waals surface area contributed by atoms with Crippen molar-refractivity contribution in [3.63, 3.8) is 0 Å². The number of carbonyl (C=O) groups is 2. The van der Waals surface area contributed by atoms with Gasteiger partial charge in [-0.25, -0.2) is 13.9 Å². The summed E-state index contributed by atoms with van der Waals surface area (Å²) in [6, 6.07) is 11.9. The first-order valence-electron chi connectivity index (χ1n) is 8.97. The number of aromatic nitrogens is 2. The molecule has 0 bridgehead atoms. The second-order valence-electron chi connectivity index (χ2n) is 6.54. The minimum Gasteiger partial charge on any atom is -0.497 e. The number of rotatable bonds is 5. The smallest absolute Gasteiger partial charge is 0.352 e. The van der Waals surface area contributed by atoms with E-state index in [4.69, 9.17) is 4.74 Å². The van der Waals surface area contributed by atoms with Gasteiger partial charge in [0.25, 0.3) is 5.91 Å². The highest BCUT2D eigenvalue weighted by Crippen LogP contribution is 2.33. The number of benzene rings is 2. The van der Waals surface area contributed by atoms with E-state index >= 15 is 0 Å². The number of aliphatic carboxylic acids is 1. The highest BCUT2D eigenvalue weighted by molar-refractivity contribution is 6.08. The zero-order valence-electron chi connectivity index (χ0n) is 15.8. The lowest BCUT2D eigenvalue weighted by molar-refractivity contribution is -0.132. The van der Waals surface area contributed by atoms with Gasteiger partial charge in [-0.05, 0) is 48.0 Å². The largest absolute Gasteiger partial charge is 0.497 e. The van der Waals surface area contributed by atoms with Crippen LogP contribution in [0.1, 0.15) is 22.0 Å². The Morgan fingerprint density at radius 1 is 1.17 bits per heavy atom. The number of amides is 1. The predicted octanol–water partition coefficient (Wildman–Crippen LogP) is 3.27. The van der Waals surface area contributed by atoms with Crippen LogP contribution in [0.5, 0.6) is 5.75 Å². The normalized spacial score (nSPS) is 14.9. The second-order valence-corrected chi connectivity index (χ2v) is 6.54. The number of halogens is 1. The Kier molecular flexibility index (Phi) is 4.93. The van der Waals surface area contributed by atoms with Crippen molar-refractivity contribution in [1.82, 2.24) is 9.78 Å². The summed E-state index contributed by atoms with van der Waals surface area (Å²) in [4.78, 5) is 24.4. The number of methoxy groups -OCH3 is 1. The molecule has 0 saturated carbocycles. The van der Waals surface area contributed by atoms with Gasteiger partial charge in [0.1, 0.15) is 28.6 Å². The third-order valence-electron chi connectivity index (χ3n) is 4.67. The highest BCUT2D eigenvalue weighted by atomic mass is 19.1. The molecular weight excluding hydrogens is 391 g/mol. The number of carboxylic acids is 1. The van der Waals surface area contributed by atoms with E-state index < -0.39 is 23.7 Å². The zero-order chi connectivity index (χ0) is 21.3. The molecule has 0 fully saturated rings. The Bertz CT molecular complexity index is 1140. The van der Waals surface area contributed by atoms with Crippen molar-refractivity contribution in [2.24, 2.45) is 0 Å². The van der Waals surface area contributed by atoms with Crippen LogP contribution in [0.15, 0.2) is 66.5 Å². The van der Waals surface area contributed by atoms with Gasteiger partial charge in [0, 0.05) is 5.69 Å². The van der Waals surface area contributed by atoms with Gasteiger partial charge >= 0.3 is 5.97 Å². The molecule has 1 aromatic heterocycles. The maximum Gasteiger partial charge on any atom is 0.352 e. The molecule has 3 aromatic rings. The third-order valence-corrected chi connectivity index (χ3v) is 4.67. The number of nitrogens with zero attached hydrogens (tertiary/aromatic N) is 2. The van der Waals surface area contributed by atoms with Crippen molar-refractivity contribution < 1.29 is 23.8 Å². The number of nitrogens with one attached hydrogen (secondary N) is 2. The molecule has 0 unspecified atom stereocenters. The minimum absolute atomic E-state index is 0.0698. The Balaban J connectivity index is 1.69. The van der Waals surface area contributed by atoms with Crippen LogP contribution < -0.4 is 15.4 Å². The van der Waals surface area contributed by atoms with Gasteiger partial charge in [-0.2, -0.15) is 5.10 Å². The van der Waals surface area contributed by atoms with Gasteiger partial charge in [-0.15, -0.1) is 0 Å². The van der Waals surface area contributed by atoms with Gasteiger partial charge in [0.15, 0.2) is 0 Å². The summed E-state index contributed by atoms with van der Waals surface area (Å²) in [5.74, 6) is -1.18. The molecule has 0 radical (unpaired) electrons. The van der Waals surface area contributed by atoms with Crippen LogP contribution in [-0.4, -0.2) is 33.9 Å². The first-order chi connectivity index (χ1) is 14.5. The van der Waals surface area contributed by atoms with Gasteiger partial charge in [0.05, 0.1) is 19.3 Å². The van der Waals surface area contributed by atoms with Crippen molar-refractivity contribution in [2.75, 3.05) is 17.7 Å². The molecule has 1 aliphatic rings. The molecule has 30 heavy (non-hydrogen) atoms. The quantitative estimate of drug-likeness (QED) is 0.598. The van der Waals surface area contributed by atoms with Crippen LogP contribution in [0.4, 0.5) is 15.9 Å². The Morgan fingerprint density at radius 2 is 1.87 bits per heavy atom. The Hall–Kier alpha value is -4.14. The van der Waals surface area contributed by atoms with Crippen molar-refractivity contribution in [2.45, 2.75) is 6.04 Å². The molecule has 2 heterocycles. The van der Waals surface area contributed by atoms with Gasteiger partial charge in [0.2, 0.25) is 0 Å². The monoisotopic (exact) mass is 408 g/mol. The van der Waals surface area contributed by atoms with E-state index in [-0.39, 0.29) is 17.1 Å². The fraction of sp³-hybridized carbons (Fsp3) is 0.0952. The van der Waals surface area contributed by atoms with Gasteiger partial charge in [-0.3, -0.25) is 4.79 Å². The lowest BCUT2D eigenvalue weighted by Crippen LogP contribution is -2.25. The molecule has 1 atom stereocenters. The topological polar surface area (TPSA) is 105 Å². The van der Waals surface area contributed by atoms with Crippen molar-refractivity contribution in [1.29, 1.82) is 0 Å². The number of carboxylic acid groups (broad SMARTS) is 1. The van der Waals surface area contributed by atoms with Crippen LogP contribution >= 0.6 is 0 Å². The highest BCUT2D eigenvalue weighted by Gasteiger charge is 2.29. The van der Waals surface area contributed by atoms with Crippen LogP contribution in [-0.2, 0) is 4.79 Å². The molecule has 9 heteroatoms. The summed E-state index contributed by atoms with van der Waals surface area (Å²) in [6.07, 6.45) is 2.88. The van der Waals surface area contributed by atoms with Crippen molar-refractivity contribution in [3.05, 3.63) is 83.4 Å². The molecule has 2 aromatic carbocycles. The Labute approximate surface area is 170 Å². The van der Waals surface area contributed by atoms with E-state index in [1.54, 1.807) is 31.4 Å². The van der Waals surface area contributed by atoms with Gasteiger partial charge < -0.3 is 20.5 Å². The molecule has 0 saturated heterocycles. The average molecular weight is 408 g/mol. The maximum absolute atomic E-state index is 13.1. The maximum atomic E-state index is 13.1. The first-order valence-corrected chi connectivity index (χ1v) is 8.97. The van der Waals surface area contributed by atoms with Crippen LogP contribution in [0.2, 0.25) is 0 Å². The average Bonchev–Trinajstić information content (AvgIpc) is 3.19. The number of anilines is 2. The van der Waals surface area contributed by atoms with Crippen molar-refractivity contribution in [3.8, 4) is 5.75 Å². The summed E-state index contributed by atoms with van der Waals surface area (Å²) >= 11 is 0. The summed E-state index contributed by atoms with van der Waals surface area (Å²) in [5, 5.41) is 19.2. The number of ether oxygens (including phenoxy) is 1. The fourth-order valence-corrected chi connectivity index (χ4v) is 3.16. The minimum atomic E-state index is -1.16. The fourth-order valence-electron chi connectivity index (χ4n) is 3.16. The molecule has 4 rings (SSSR count). The molecular formula is C21H17FN4O4. The lowest BCUT2D eigenvalue weighted by Gasteiger charge is -2.24. The molecule has 1 aliphatic heterocycles. The SMILES string of the molecule is COc1ccc([C@H]2C=C(C(=O)O)Nc3c(C(=O)Nc4ccc(F)cc4)cnn32)cc1. The number of hydrogen-bond donors (Lipinski definition) is 3. The molecule has 1 amide bonds. The van der Waals surface area contributed by atoms with E-state index in [0.29, 0.717) is 11.4 Å². The van der Waals surface area contributed by atoms with Crippen LogP contribution in [0, 0.1) is 5.82 Å². The van der Waals surface area contributed by atoms with Crippen LogP contribution in [0.25, 0.3) is 0 Å². The van der Waals surface area contributed by atoms with E-state index in [1.807, 2.05) is 0 Å². The lowest BCUT2D eigenvalue weighted by atomic mass is 10.0. The summed E-state index contributed by atoms with van der Waals surface area (Å²) < 4.78 is 19.8. The number of hydrogen-bond acceptors (Lipinski definition) is 5. The summed E-state index contributed by atoms with van der Waals surface area (Å²) in [5.41, 5.74) is 1.26. The number of allylic oxidation sites excluding steroid dienone is 1.